The molecule has 0 aliphatic carbocycles. The minimum Gasteiger partial charge on any atom is -0.327 e. The lowest BCUT2D eigenvalue weighted by molar-refractivity contribution is -0.150. The molecule has 3 rings (SSSR count). The standard InChI is InChI=1S/C14H12BrFN2OS/c15-11-6-5-10(20-11)13-12(17)14(19)18(13)7-8-1-3-9(16)4-2-8/h1-6,12-13H,7,17H2/t12-,13-/m0/s1. The van der Waals surface area contributed by atoms with Gasteiger partial charge < -0.3 is 10.6 Å². The van der Waals surface area contributed by atoms with Crippen LogP contribution in [-0.4, -0.2) is 16.8 Å². The van der Waals surface area contributed by atoms with Gasteiger partial charge in [-0.1, -0.05) is 12.1 Å². The number of nitrogens with two attached hydrogens (primary N) is 1. The number of halogens is 2. The Kier molecular flexibility index (Phi) is 3.62. The van der Waals surface area contributed by atoms with Crippen molar-refractivity contribution < 1.29 is 9.18 Å². The zero-order valence-corrected chi connectivity index (χ0v) is 12.8. The van der Waals surface area contributed by atoms with Crippen molar-refractivity contribution in [3.63, 3.8) is 0 Å². The van der Waals surface area contributed by atoms with E-state index in [2.05, 4.69) is 15.9 Å². The molecule has 1 saturated heterocycles. The van der Waals surface area contributed by atoms with Crippen molar-refractivity contribution in [3.8, 4) is 0 Å². The van der Waals surface area contributed by atoms with Gasteiger partial charge in [-0.3, -0.25) is 4.79 Å². The Labute approximate surface area is 128 Å². The van der Waals surface area contributed by atoms with Crippen molar-refractivity contribution in [2.75, 3.05) is 0 Å². The van der Waals surface area contributed by atoms with Crippen LogP contribution in [0, 0.1) is 5.82 Å². The summed E-state index contributed by atoms with van der Waals surface area (Å²) in [7, 11) is 0. The minimum absolute atomic E-state index is 0.0659. The third kappa shape index (κ3) is 2.39. The quantitative estimate of drug-likeness (QED) is 0.861. The van der Waals surface area contributed by atoms with E-state index in [4.69, 9.17) is 5.73 Å². The molecule has 1 aromatic heterocycles. The van der Waals surface area contributed by atoms with Gasteiger partial charge in [-0.2, -0.15) is 0 Å². The second-order valence-electron chi connectivity index (χ2n) is 4.71. The summed E-state index contributed by atoms with van der Waals surface area (Å²) in [5.74, 6) is -0.344. The summed E-state index contributed by atoms with van der Waals surface area (Å²) in [6.07, 6.45) is 0. The van der Waals surface area contributed by atoms with Crippen LogP contribution in [0.5, 0.6) is 0 Å². The van der Waals surface area contributed by atoms with Crippen molar-refractivity contribution in [3.05, 3.63) is 56.4 Å². The van der Waals surface area contributed by atoms with Crippen molar-refractivity contribution in [1.29, 1.82) is 0 Å². The van der Waals surface area contributed by atoms with E-state index in [9.17, 15) is 9.18 Å². The van der Waals surface area contributed by atoms with Crippen molar-refractivity contribution >= 4 is 33.2 Å². The Balaban J connectivity index is 1.80. The lowest BCUT2D eigenvalue weighted by atomic mass is 9.93. The number of amides is 1. The molecule has 1 fully saturated rings. The maximum Gasteiger partial charge on any atom is 0.242 e. The van der Waals surface area contributed by atoms with Gasteiger partial charge in [0.1, 0.15) is 11.9 Å². The lowest BCUT2D eigenvalue weighted by Crippen LogP contribution is -2.62. The molecule has 20 heavy (non-hydrogen) atoms. The highest BCUT2D eigenvalue weighted by Crippen LogP contribution is 2.39. The number of carbonyl (C=O) groups excluding carboxylic acids is 1. The summed E-state index contributed by atoms with van der Waals surface area (Å²) < 4.78 is 13.9. The smallest absolute Gasteiger partial charge is 0.242 e. The fourth-order valence-corrected chi connectivity index (χ4v) is 3.94. The predicted molar refractivity (Wildman–Crippen MR) is 79.7 cm³/mol. The van der Waals surface area contributed by atoms with Gasteiger partial charge >= 0.3 is 0 Å². The highest BCUT2D eigenvalue weighted by atomic mass is 79.9. The van der Waals surface area contributed by atoms with Crippen LogP contribution < -0.4 is 5.73 Å². The average Bonchev–Trinajstić information content (AvgIpc) is 2.86. The second kappa shape index (κ2) is 5.27. The first-order valence-electron chi connectivity index (χ1n) is 6.12. The van der Waals surface area contributed by atoms with Crippen LogP contribution in [0.3, 0.4) is 0 Å². The first-order chi connectivity index (χ1) is 9.56. The summed E-state index contributed by atoms with van der Waals surface area (Å²) in [5.41, 5.74) is 6.81. The van der Waals surface area contributed by atoms with Gasteiger partial charge in [-0.05, 0) is 45.8 Å². The van der Waals surface area contributed by atoms with E-state index in [1.807, 2.05) is 12.1 Å². The Bertz CT molecular complexity index is 643. The van der Waals surface area contributed by atoms with Gasteiger partial charge in [0.25, 0.3) is 0 Å². The van der Waals surface area contributed by atoms with E-state index in [0.29, 0.717) is 6.54 Å². The van der Waals surface area contributed by atoms with Gasteiger partial charge in [0.05, 0.1) is 9.83 Å². The molecule has 1 aromatic carbocycles. The largest absolute Gasteiger partial charge is 0.327 e. The third-order valence-corrected chi connectivity index (χ3v) is 5.09. The van der Waals surface area contributed by atoms with E-state index >= 15 is 0 Å². The molecule has 1 aliphatic heterocycles. The monoisotopic (exact) mass is 354 g/mol. The number of rotatable bonds is 3. The van der Waals surface area contributed by atoms with Crippen LogP contribution in [0.4, 0.5) is 4.39 Å². The molecule has 2 heterocycles. The number of nitrogens with zero attached hydrogens (tertiary/aromatic N) is 1. The molecule has 0 bridgehead atoms. The first kappa shape index (κ1) is 13.7. The zero-order chi connectivity index (χ0) is 14.3. The Hall–Kier alpha value is -1.24. The number of hydrogen-bond donors (Lipinski definition) is 1. The molecule has 0 unspecified atom stereocenters. The minimum atomic E-state index is -0.485. The molecule has 1 aliphatic rings. The van der Waals surface area contributed by atoms with Crippen LogP contribution in [0.15, 0.2) is 40.2 Å². The fraction of sp³-hybridized carbons (Fsp3) is 0.214. The molecule has 0 spiro atoms. The number of likely N-dealkylation sites (tertiary alicyclic amines) is 1. The molecule has 2 N–H and O–H groups in total. The molecular formula is C14H12BrFN2OS. The normalized spacial score (nSPS) is 21.9. The van der Waals surface area contributed by atoms with Crippen LogP contribution in [-0.2, 0) is 11.3 Å². The Morgan fingerprint density at radius 3 is 2.55 bits per heavy atom. The van der Waals surface area contributed by atoms with Gasteiger partial charge in [-0.15, -0.1) is 11.3 Å². The van der Waals surface area contributed by atoms with Crippen LogP contribution in [0.25, 0.3) is 0 Å². The number of β-lactam (4-membered cyclic amide) rings is 1. The molecule has 0 radical (unpaired) electrons. The van der Waals surface area contributed by atoms with Crippen molar-refractivity contribution in [2.45, 2.75) is 18.6 Å². The van der Waals surface area contributed by atoms with Crippen LogP contribution in [0.1, 0.15) is 16.5 Å². The number of thiophene rings is 1. The Morgan fingerprint density at radius 2 is 1.95 bits per heavy atom. The topological polar surface area (TPSA) is 46.3 Å². The van der Waals surface area contributed by atoms with Crippen molar-refractivity contribution in [1.82, 2.24) is 4.90 Å². The van der Waals surface area contributed by atoms with Gasteiger partial charge in [0, 0.05) is 11.4 Å². The van der Waals surface area contributed by atoms with Crippen LogP contribution >= 0.6 is 27.3 Å². The maximum atomic E-state index is 12.9. The molecule has 2 atom stereocenters. The fourth-order valence-electron chi connectivity index (χ4n) is 2.36. The van der Waals surface area contributed by atoms with E-state index < -0.39 is 6.04 Å². The zero-order valence-electron chi connectivity index (χ0n) is 10.4. The first-order valence-corrected chi connectivity index (χ1v) is 7.73. The Morgan fingerprint density at radius 1 is 1.25 bits per heavy atom. The number of benzene rings is 1. The van der Waals surface area contributed by atoms with E-state index in [-0.39, 0.29) is 17.8 Å². The third-order valence-electron chi connectivity index (χ3n) is 3.40. The van der Waals surface area contributed by atoms with Gasteiger partial charge in [0.15, 0.2) is 0 Å². The highest BCUT2D eigenvalue weighted by molar-refractivity contribution is 9.11. The van der Waals surface area contributed by atoms with Crippen LogP contribution in [0.2, 0.25) is 0 Å². The summed E-state index contributed by atoms with van der Waals surface area (Å²) >= 11 is 4.99. The molecule has 0 saturated carbocycles. The van der Waals surface area contributed by atoms with E-state index in [1.165, 1.54) is 12.1 Å². The van der Waals surface area contributed by atoms with Gasteiger partial charge in [0.2, 0.25) is 5.91 Å². The van der Waals surface area contributed by atoms with Crippen molar-refractivity contribution in [2.24, 2.45) is 5.73 Å². The number of carbonyl (C=O) groups is 1. The van der Waals surface area contributed by atoms with E-state index in [1.54, 1.807) is 28.4 Å². The summed E-state index contributed by atoms with van der Waals surface area (Å²) in [6.45, 7) is 0.451. The summed E-state index contributed by atoms with van der Waals surface area (Å²) in [5, 5.41) is 0. The molecule has 3 nitrogen and oxygen atoms in total. The number of hydrogen-bond acceptors (Lipinski definition) is 3. The average molecular weight is 355 g/mol. The molecular weight excluding hydrogens is 343 g/mol. The highest BCUT2D eigenvalue weighted by Gasteiger charge is 2.46. The molecule has 6 heteroatoms. The van der Waals surface area contributed by atoms with E-state index in [0.717, 1.165) is 14.2 Å². The summed E-state index contributed by atoms with van der Waals surface area (Å²) in [4.78, 5) is 14.7. The predicted octanol–water partition coefficient (Wildman–Crippen LogP) is 3.06. The maximum absolute atomic E-state index is 12.9. The summed E-state index contributed by atoms with van der Waals surface area (Å²) in [6, 6.07) is 9.52. The molecule has 1 amide bonds. The van der Waals surface area contributed by atoms with Gasteiger partial charge in [-0.25, -0.2) is 4.39 Å². The second-order valence-corrected chi connectivity index (χ2v) is 7.20. The molecule has 104 valence electrons. The molecule has 2 aromatic rings. The SMILES string of the molecule is N[C@@H]1C(=O)N(Cc2ccc(F)cc2)[C@H]1c1ccc(Br)s1. The lowest BCUT2D eigenvalue weighted by Gasteiger charge is -2.45.